The first-order valence-corrected chi connectivity index (χ1v) is 7.37. The number of ether oxygens (including phenoxy) is 3. The van der Waals surface area contributed by atoms with Crippen LogP contribution in [0.3, 0.4) is 0 Å². The van der Waals surface area contributed by atoms with Gasteiger partial charge in [-0.3, -0.25) is 0 Å². The van der Waals surface area contributed by atoms with Gasteiger partial charge in [0.1, 0.15) is 29.6 Å². The Morgan fingerprint density at radius 1 is 1.42 bits per heavy atom. The summed E-state index contributed by atoms with van der Waals surface area (Å²) in [5.74, 6) is 0.0593. The number of nitrogens with zero attached hydrogens (tertiary/aromatic N) is 2. The Balaban J connectivity index is 1.79. The van der Waals surface area contributed by atoms with Gasteiger partial charge in [0.15, 0.2) is 6.79 Å². The molecule has 0 radical (unpaired) electrons. The molecule has 0 unspecified atom stereocenters. The summed E-state index contributed by atoms with van der Waals surface area (Å²) in [6, 6.07) is 5.95. The minimum absolute atomic E-state index is 0.0902. The SMILES string of the molecule is CN(C)c1ncccc1C(=O)OCc1cc(F)cc2c1OCOC2. The maximum absolute atomic E-state index is 13.7. The zero-order chi connectivity index (χ0) is 17.1. The van der Waals surface area contributed by atoms with Gasteiger partial charge in [0.2, 0.25) is 0 Å². The van der Waals surface area contributed by atoms with E-state index in [1.54, 1.807) is 37.3 Å². The van der Waals surface area contributed by atoms with Crippen LogP contribution in [0.2, 0.25) is 0 Å². The highest BCUT2D eigenvalue weighted by atomic mass is 19.1. The standard InChI is InChI=1S/C17H17FN2O4/c1-20(2)16-14(4-3-5-19-16)17(21)23-9-12-7-13(18)6-11-8-22-10-24-15(11)12/h3-7H,8-10H2,1-2H3. The van der Waals surface area contributed by atoms with E-state index >= 15 is 0 Å². The molecule has 0 saturated carbocycles. The molecule has 0 spiro atoms. The van der Waals surface area contributed by atoms with Crippen LogP contribution in [0.25, 0.3) is 0 Å². The highest BCUT2D eigenvalue weighted by Gasteiger charge is 2.20. The maximum Gasteiger partial charge on any atom is 0.342 e. The van der Waals surface area contributed by atoms with Crippen LogP contribution < -0.4 is 9.64 Å². The molecule has 126 valence electrons. The molecule has 1 aliphatic heterocycles. The molecule has 0 atom stereocenters. The van der Waals surface area contributed by atoms with Gasteiger partial charge in [-0.15, -0.1) is 0 Å². The van der Waals surface area contributed by atoms with E-state index in [1.807, 2.05) is 0 Å². The quantitative estimate of drug-likeness (QED) is 0.802. The van der Waals surface area contributed by atoms with E-state index in [9.17, 15) is 9.18 Å². The van der Waals surface area contributed by atoms with Gasteiger partial charge in [-0.05, 0) is 24.3 Å². The predicted molar refractivity (Wildman–Crippen MR) is 84.4 cm³/mol. The Bertz CT molecular complexity index is 764. The molecule has 0 bridgehead atoms. The number of hydrogen-bond donors (Lipinski definition) is 0. The first-order chi connectivity index (χ1) is 11.6. The van der Waals surface area contributed by atoms with E-state index in [0.29, 0.717) is 28.3 Å². The van der Waals surface area contributed by atoms with Crippen LogP contribution in [0, 0.1) is 5.82 Å². The predicted octanol–water partition coefficient (Wildman–Crippen LogP) is 2.51. The van der Waals surface area contributed by atoms with Crippen molar-refractivity contribution in [3.05, 3.63) is 53.0 Å². The fourth-order valence-corrected chi connectivity index (χ4v) is 2.50. The summed E-state index contributed by atoms with van der Waals surface area (Å²) in [6.07, 6.45) is 1.60. The summed E-state index contributed by atoms with van der Waals surface area (Å²) in [4.78, 5) is 18.2. The van der Waals surface area contributed by atoms with Crippen LogP contribution >= 0.6 is 0 Å². The van der Waals surface area contributed by atoms with Gasteiger partial charge in [0.25, 0.3) is 0 Å². The molecule has 0 amide bonds. The monoisotopic (exact) mass is 332 g/mol. The molecule has 1 aromatic carbocycles. The van der Waals surface area contributed by atoms with Gasteiger partial charge in [-0.25, -0.2) is 14.2 Å². The zero-order valence-corrected chi connectivity index (χ0v) is 13.4. The average molecular weight is 332 g/mol. The Kier molecular flexibility index (Phi) is 4.61. The molecule has 1 aliphatic rings. The Morgan fingerprint density at radius 3 is 3.04 bits per heavy atom. The molecule has 7 heteroatoms. The smallest absolute Gasteiger partial charge is 0.342 e. The van der Waals surface area contributed by atoms with Crippen molar-refractivity contribution in [3.8, 4) is 5.75 Å². The second-order valence-corrected chi connectivity index (χ2v) is 5.51. The number of pyridine rings is 1. The summed E-state index contributed by atoms with van der Waals surface area (Å²) in [5, 5.41) is 0. The topological polar surface area (TPSA) is 60.9 Å². The Hall–Kier alpha value is -2.67. The van der Waals surface area contributed by atoms with Gasteiger partial charge in [0.05, 0.1) is 6.61 Å². The van der Waals surface area contributed by atoms with E-state index < -0.39 is 11.8 Å². The van der Waals surface area contributed by atoms with Crippen molar-refractivity contribution >= 4 is 11.8 Å². The van der Waals surface area contributed by atoms with Crippen molar-refractivity contribution in [3.63, 3.8) is 0 Å². The third kappa shape index (κ3) is 3.30. The van der Waals surface area contributed by atoms with Gasteiger partial charge in [0, 0.05) is 31.4 Å². The molecular weight excluding hydrogens is 315 g/mol. The lowest BCUT2D eigenvalue weighted by molar-refractivity contribution is -0.0182. The van der Waals surface area contributed by atoms with E-state index in [0.717, 1.165) is 0 Å². The van der Waals surface area contributed by atoms with Gasteiger partial charge in [-0.2, -0.15) is 0 Å². The molecule has 3 rings (SSSR count). The van der Waals surface area contributed by atoms with E-state index in [-0.39, 0.29) is 20.0 Å². The van der Waals surface area contributed by atoms with Crippen molar-refractivity contribution in [2.45, 2.75) is 13.2 Å². The van der Waals surface area contributed by atoms with Crippen LogP contribution in [-0.2, 0) is 22.7 Å². The van der Waals surface area contributed by atoms with Gasteiger partial charge < -0.3 is 19.1 Å². The summed E-state index contributed by atoms with van der Waals surface area (Å²) in [5.41, 5.74) is 1.41. The lowest BCUT2D eigenvalue weighted by Gasteiger charge is -2.21. The Morgan fingerprint density at radius 2 is 2.25 bits per heavy atom. The summed E-state index contributed by atoms with van der Waals surface area (Å²) >= 11 is 0. The number of benzene rings is 1. The van der Waals surface area contributed by atoms with Crippen molar-refractivity contribution in [1.29, 1.82) is 0 Å². The number of carbonyl (C=O) groups excluding carboxylic acids is 1. The first-order valence-electron chi connectivity index (χ1n) is 7.37. The molecule has 0 aliphatic carbocycles. The first kappa shape index (κ1) is 16.2. The number of fused-ring (bicyclic) bond motifs is 1. The molecule has 0 fully saturated rings. The second kappa shape index (κ2) is 6.84. The average Bonchev–Trinajstić information content (AvgIpc) is 2.59. The van der Waals surface area contributed by atoms with Crippen LogP contribution in [0.4, 0.5) is 10.2 Å². The highest BCUT2D eigenvalue weighted by molar-refractivity contribution is 5.94. The number of rotatable bonds is 4. The molecule has 2 aromatic rings. The molecular formula is C17H17FN2O4. The minimum atomic E-state index is -0.531. The molecule has 0 saturated heterocycles. The van der Waals surface area contributed by atoms with Crippen molar-refractivity contribution in [2.24, 2.45) is 0 Å². The van der Waals surface area contributed by atoms with Crippen molar-refractivity contribution < 1.29 is 23.4 Å². The third-order valence-corrected chi connectivity index (χ3v) is 3.54. The number of esters is 1. The lowest BCUT2D eigenvalue weighted by atomic mass is 10.1. The fraction of sp³-hybridized carbons (Fsp3) is 0.294. The van der Waals surface area contributed by atoms with Gasteiger partial charge in [-0.1, -0.05) is 0 Å². The van der Waals surface area contributed by atoms with E-state index in [2.05, 4.69) is 4.98 Å². The number of anilines is 1. The maximum atomic E-state index is 13.7. The van der Waals surface area contributed by atoms with Gasteiger partial charge >= 0.3 is 5.97 Å². The van der Waals surface area contributed by atoms with Crippen LogP contribution in [0.1, 0.15) is 21.5 Å². The second-order valence-electron chi connectivity index (χ2n) is 5.51. The van der Waals surface area contributed by atoms with Crippen molar-refractivity contribution in [2.75, 3.05) is 25.8 Å². The normalized spacial score (nSPS) is 13.0. The summed E-state index contributed by atoms with van der Waals surface area (Å²) < 4.78 is 29.6. The van der Waals surface area contributed by atoms with Crippen LogP contribution in [0.15, 0.2) is 30.5 Å². The highest BCUT2D eigenvalue weighted by Crippen LogP contribution is 2.30. The Labute approximate surface area is 138 Å². The summed E-state index contributed by atoms with van der Waals surface area (Å²) in [6.45, 7) is 0.259. The molecule has 2 heterocycles. The molecule has 1 aromatic heterocycles. The van der Waals surface area contributed by atoms with Crippen molar-refractivity contribution in [1.82, 2.24) is 4.98 Å². The van der Waals surface area contributed by atoms with E-state index in [4.69, 9.17) is 14.2 Å². The number of carbonyl (C=O) groups is 1. The zero-order valence-electron chi connectivity index (χ0n) is 13.4. The molecule has 6 nitrogen and oxygen atoms in total. The van der Waals surface area contributed by atoms with Crippen LogP contribution in [0.5, 0.6) is 5.75 Å². The molecule has 24 heavy (non-hydrogen) atoms. The van der Waals surface area contributed by atoms with E-state index in [1.165, 1.54) is 12.1 Å². The number of halogens is 1. The fourth-order valence-electron chi connectivity index (χ4n) is 2.50. The van der Waals surface area contributed by atoms with Crippen LogP contribution in [-0.4, -0.2) is 31.8 Å². The summed E-state index contributed by atoms with van der Waals surface area (Å²) in [7, 11) is 3.58. The largest absolute Gasteiger partial charge is 0.467 e. The number of hydrogen-bond acceptors (Lipinski definition) is 6. The molecule has 0 N–H and O–H groups in total. The lowest BCUT2D eigenvalue weighted by Crippen LogP contribution is -2.18. The third-order valence-electron chi connectivity index (χ3n) is 3.54. The minimum Gasteiger partial charge on any atom is -0.467 e. The number of aromatic nitrogens is 1.